The maximum atomic E-state index is 11.3. The highest BCUT2D eigenvalue weighted by Gasteiger charge is 2.07. The van der Waals surface area contributed by atoms with Gasteiger partial charge in [-0.3, -0.25) is 4.79 Å². The molecule has 0 radical (unpaired) electrons. The number of carbonyl (C=O) groups is 2. The summed E-state index contributed by atoms with van der Waals surface area (Å²) in [6.07, 6.45) is 4.51. The SMILES string of the molecule is CCCCOC(=O)/C(C)=C/C(=O)CCC. The molecule has 0 bridgehead atoms. The van der Waals surface area contributed by atoms with Crippen molar-refractivity contribution in [2.45, 2.75) is 46.5 Å². The highest BCUT2D eigenvalue weighted by Crippen LogP contribution is 2.01. The van der Waals surface area contributed by atoms with Gasteiger partial charge in [0.25, 0.3) is 0 Å². The molecule has 3 heteroatoms. The smallest absolute Gasteiger partial charge is 0.333 e. The molecule has 0 rings (SSSR count). The van der Waals surface area contributed by atoms with Gasteiger partial charge in [-0.2, -0.15) is 0 Å². The maximum absolute atomic E-state index is 11.3. The van der Waals surface area contributed by atoms with Gasteiger partial charge in [-0.05, 0) is 25.8 Å². The van der Waals surface area contributed by atoms with Gasteiger partial charge in [-0.25, -0.2) is 4.79 Å². The van der Waals surface area contributed by atoms with E-state index < -0.39 is 0 Å². The Labute approximate surface area is 91.5 Å². The van der Waals surface area contributed by atoms with Crippen LogP contribution in [0.3, 0.4) is 0 Å². The average Bonchev–Trinajstić information content (AvgIpc) is 2.18. The molecular weight excluding hydrogens is 192 g/mol. The van der Waals surface area contributed by atoms with Gasteiger partial charge in [0.2, 0.25) is 0 Å². The Morgan fingerprint density at radius 2 is 1.87 bits per heavy atom. The Morgan fingerprint density at radius 1 is 1.20 bits per heavy atom. The van der Waals surface area contributed by atoms with Gasteiger partial charge in [-0.15, -0.1) is 0 Å². The van der Waals surface area contributed by atoms with E-state index in [4.69, 9.17) is 4.74 Å². The van der Waals surface area contributed by atoms with Crippen LogP contribution in [-0.2, 0) is 14.3 Å². The van der Waals surface area contributed by atoms with Gasteiger partial charge in [0, 0.05) is 12.0 Å². The second-order valence-electron chi connectivity index (χ2n) is 3.53. The third-order valence-corrected chi connectivity index (χ3v) is 1.93. The van der Waals surface area contributed by atoms with Gasteiger partial charge in [0.05, 0.1) is 6.61 Å². The summed E-state index contributed by atoms with van der Waals surface area (Å²) in [6.45, 7) is 6.01. The number of allylic oxidation sites excluding steroid dienone is 1. The van der Waals surface area contributed by atoms with Crippen molar-refractivity contribution in [3.63, 3.8) is 0 Å². The molecule has 0 saturated carbocycles. The van der Waals surface area contributed by atoms with Gasteiger partial charge >= 0.3 is 5.97 Å². The molecule has 86 valence electrons. The highest BCUT2D eigenvalue weighted by atomic mass is 16.5. The zero-order valence-electron chi connectivity index (χ0n) is 9.84. The molecule has 0 aliphatic heterocycles. The van der Waals surface area contributed by atoms with Crippen LogP contribution in [0.5, 0.6) is 0 Å². The summed E-state index contributed by atoms with van der Waals surface area (Å²) in [7, 11) is 0. The van der Waals surface area contributed by atoms with Crippen molar-refractivity contribution < 1.29 is 14.3 Å². The van der Waals surface area contributed by atoms with Crippen molar-refractivity contribution >= 4 is 11.8 Å². The molecule has 0 aromatic heterocycles. The van der Waals surface area contributed by atoms with E-state index in [2.05, 4.69) is 0 Å². The Balaban J connectivity index is 4.01. The molecule has 0 aromatic rings. The van der Waals surface area contributed by atoms with Gasteiger partial charge in [0.15, 0.2) is 5.78 Å². The number of rotatable bonds is 7. The molecule has 0 aliphatic rings. The van der Waals surface area contributed by atoms with E-state index in [1.54, 1.807) is 6.92 Å². The lowest BCUT2D eigenvalue weighted by molar-refractivity contribution is -0.139. The van der Waals surface area contributed by atoms with Gasteiger partial charge in [0.1, 0.15) is 0 Å². The lowest BCUT2D eigenvalue weighted by atomic mass is 10.1. The van der Waals surface area contributed by atoms with Crippen molar-refractivity contribution in [3.8, 4) is 0 Å². The third-order valence-electron chi connectivity index (χ3n) is 1.93. The van der Waals surface area contributed by atoms with E-state index in [1.165, 1.54) is 6.08 Å². The quantitative estimate of drug-likeness (QED) is 0.370. The summed E-state index contributed by atoms with van der Waals surface area (Å²) < 4.78 is 4.96. The molecule has 0 unspecified atom stereocenters. The molecule has 0 spiro atoms. The molecule has 0 saturated heterocycles. The second kappa shape index (κ2) is 8.21. The molecule has 0 atom stereocenters. The number of carbonyl (C=O) groups excluding carboxylic acids is 2. The molecule has 0 aliphatic carbocycles. The van der Waals surface area contributed by atoms with Crippen molar-refractivity contribution in [2.75, 3.05) is 6.61 Å². The molecular formula is C12H20O3. The Kier molecular flexibility index (Phi) is 7.60. The van der Waals surface area contributed by atoms with Crippen molar-refractivity contribution in [2.24, 2.45) is 0 Å². The minimum absolute atomic E-state index is 0.0116. The standard InChI is InChI=1S/C12H20O3/c1-4-6-8-15-12(14)10(3)9-11(13)7-5-2/h9H,4-8H2,1-3H3/b10-9+. The lowest BCUT2D eigenvalue weighted by Crippen LogP contribution is -2.08. The van der Waals surface area contributed by atoms with Crippen molar-refractivity contribution in [1.82, 2.24) is 0 Å². The van der Waals surface area contributed by atoms with Crippen LogP contribution in [0, 0.1) is 0 Å². The van der Waals surface area contributed by atoms with Gasteiger partial charge < -0.3 is 4.74 Å². The van der Waals surface area contributed by atoms with Crippen LogP contribution in [0.2, 0.25) is 0 Å². The summed E-state index contributed by atoms with van der Waals surface area (Å²) in [5, 5.41) is 0. The Hall–Kier alpha value is -1.12. The van der Waals surface area contributed by atoms with E-state index in [0.717, 1.165) is 19.3 Å². The minimum atomic E-state index is -0.382. The van der Waals surface area contributed by atoms with Crippen LogP contribution < -0.4 is 0 Å². The summed E-state index contributed by atoms with van der Waals surface area (Å²) in [5.41, 5.74) is 0.393. The number of hydrogen-bond donors (Lipinski definition) is 0. The van der Waals surface area contributed by atoms with Crippen LogP contribution in [0.1, 0.15) is 46.5 Å². The van der Waals surface area contributed by atoms with Crippen LogP contribution in [-0.4, -0.2) is 18.4 Å². The zero-order valence-corrected chi connectivity index (χ0v) is 9.84. The van der Waals surface area contributed by atoms with E-state index in [9.17, 15) is 9.59 Å². The largest absolute Gasteiger partial charge is 0.462 e. The van der Waals surface area contributed by atoms with Crippen LogP contribution in [0.25, 0.3) is 0 Å². The van der Waals surface area contributed by atoms with E-state index in [-0.39, 0.29) is 11.8 Å². The maximum Gasteiger partial charge on any atom is 0.333 e. The summed E-state index contributed by atoms with van der Waals surface area (Å²) >= 11 is 0. The predicted octanol–water partition coefficient (Wildman–Crippen LogP) is 2.65. The van der Waals surface area contributed by atoms with Crippen LogP contribution in [0.15, 0.2) is 11.6 Å². The number of hydrogen-bond acceptors (Lipinski definition) is 3. The number of esters is 1. The molecule has 3 nitrogen and oxygen atoms in total. The van der Waals surface area contributed by atoms with Crippen molar-refractivity contribution in [3.05, 3.63) is 11.6 Å². The fourth-order valence-electron chi connectivity index (χ4n) is 1.04. The highest BCUT2D eigenvalue weighted by molar-refractivity contribution is 5.98. The number of ketones is 1. The lowest BCUT2D eigenvalue weighted by Gasteiger charge is -2.03. The first-order valence-corrected chi connectivity index (χ1v) is 5.50. The topological polar surface area (TPSA) is 43.4 Å². The summed E-state index contributed by atoms with van der Waals surface area (Å²) in [6, 6.07) is 0. The minimum Gasteiger partial charge on any atom is -0.462 e. The van der Waals surface area contributed by atoms with Crippen molar-refractivity contribution in [1.29, 1.82) is 0 Å². The fraction of sp³-hybridized carbons (Fsp3) is 0.667. The van der Waals surface area contributed by atoms with E-state index in [0.29, 0.717) is 18.6 Å². The Bertz CT molecular complexity index is 241. The summed E-state index contributed by atoms with van der Waals surface area (Å²) in [5.74, 6) is -0.393. The van der Waals surface area contributed by atoms with Crippen LogP contribution >= 0.6 is 0 Å². The number of unbranched alkanes of at least 4 members (excludes halogenated alkanes) is 1. The fourth-order valence-corrected chi connectivity index (χ4v) is 1.04. The number of ether oxygens (including phenoxy) is 1. The van der Waals surface area contributed by atoms with E-state index >= 15 is 0 Å². The molecule has 0 amide bonds. The zero-order chi connectivity index (χ0) is 11.7. The molecule has 15 heavy (non-hydrogen) atoms. The molecule has 0 fully saturated rings. The first-order valence-electron chi connectivity index (χ1n) is 5.50. The van der Waals surface area contributed by atoms with Gasteiger partial charge in [-0.1, -0.05) is 20.3 Å². The first kappa shape index (κ1) is 13.9. The normalized spacial score (nSPS) is 11.3. The Morgan fingerprint density at radius 3 is 2.40 bits per heavy atom. The molecule has 0 aromatic carbocycles. The van der Waals surface area contributed by atoms with Crippen LogP contribution in [0.4, 0.5) is 0 Å². The predicted molar refractivity (Wildman–Crippen MR) is 59.5 cm³/mol. The summed E-state index contributed by atoms with van der Waals surface area (Å²) in [4.78, 5) is 22.5. The monoisotopic (exact) mass is 212 g/mol. The second-order valence-corrected chi connectivity index (χ2v) is 3.53. The molecule has 0 heterocycles. The molecule has 0 N–H and O–H groups in total. The third kappa shape index (κ3) is 6.89. The average molecular weight is 212 g/mol. The van der Waals surface area contributed by atoms with E-state index in [1.807, 2.05) is 13.8 Å². The first-order chi connectivity index (χ1) is 7.11.